The van der Waals surface area contributed by atoms with Crippen LogP contribution in [0.3, 0.4) is 0 Å². The zero-order valence-electron chi connectivity index (χ0n) is 9.78. The molecule has 0 fully saturated rings. The number of nitrogens with two attached hydrogens (primary N) is 1. The van der Waals surface area contributed by atoms with Gasteiger partial charge in [-0.1, -0.05) is 6.07 Å². The molecule has 100 valence electrons. The molecule has 0 spiro atoms. The van der Waals surface area contributed by atoms with Crippen molar-refractivity contribution in [2.24, 2.45) is 5.84 Å². The van der Waals surface area contributed by atoms with Crippen molar-refractivity contribution in [3.8, 4) is 5.88 Å². The molecule has 0 aliphatic heterocycles. The molecule has 0 atom stereocenters. The summed E-state index contributed by atoms with van der Waals surface area (Å²) in [5, 5.41) is 12.9. The number of nitrogens with one attached hydrogen (secondary N) is 1. The number of aromatic nitrogens is 2. The summed E-state index contributed by atoms with van der Waals surface area (Å²) in [7, 11) is 0. The van der Waals surface area contributed by atoms with Crippen molar-refractivity contribution < 1.29 is 9.66 Å². The van der Waals surface area contributed by atoms with Gasteiger partial charge in [0, 0.05) is 11.3 Å². The lowest BCUT2D eigenvalue weighted by molar-refractivity contribution is -0.385. The molecule has 8 nitrogen and oxygen atoms in total. The lowest BCUT2D eigenvalue weighted by atomic mass is 10.4. The Balaban J connectivity index is 2.09. The van der Waals surface area contributed by atoms with E-state index in [-0.39, 0.29) is 17.4 Å². The van der Waals surface area contributed by atoms with E-state index in [4.69, 9.17) is 10.6 Å². The highest BCUT2D eigenvalue weighted by Crippen LogP contribution is 2.30. The fourth-order valence-electron chi connectivity index (χ4n) is 1.44. The topological polar surface area (TPSA) is 116 Å². The number of nitrogens with zero attached hydrogens (tertiary/aromatic N) is 3. The van der Waals surface area contributed by atoms with E-state index in [1.165, 1.54) is 0 Å². The molecule has 2 heterocycles. The van der Waals surface area contributed by atoms with E-state index >= 15 is 0 Å². The molecule has 0 radical (unpaired) electrons. The van der Waals surface area contributed by atoms with Crippen LogP contribution in [0.1, 0.15) is 4.88 Å². The summed E-state index contributed by atoms with van der Waals surface area (Å²) in [5.41, 5.74) is 1.79. The van der Waals surface area contributed by atoms with E-state index in [1.807, 2.05) is 17.5 Å². The minimum atomic E-state index is -0.629. The molecule has 2 aromatic rings. The first-order valence-corrected chi connectivity index (χ1v) is 6.21. The molecule has 2 rings (SSSR count). The molecule has 0 aliphatic rings. The van der Waals surface area contributed by atoms with Crippen LogP contribution in [0.4, 0.5) is 11.5 Å². The summed E-state index contributed by atoms with van der Waals surface area (Å²) in [6.07, 6.45) is 1.81. The molecule has 19 heavy (non-hydrogen) atoms. The quantitative estimate of drug-likeness (QED) is 0.466. The smallest absolute Gasteiger partial charge is 0.374 e. The third kappa shape index (κ3) is 3.14. The maximum absolute atomic E-state index is 10.9. The summed E-state index contributed by atoms with van der Waals surface area (Å²) in [5.74, 6) is 4.99. The average molecular weight is 281 g/mol. The second-order valence-electron chi connectivity index (χ2n) is 3.46. The highest BCUT2D eigenvalue weighted by Gasteiger charge is 2.23. The van der Waals surface area contributed by atoms with E-state index < -0.39 is 4.92 Å². The first kappa shape index (κ1) is 13.2. The SMILES string of the molecule is NNc1ncnc(OCCc2cccs2)c1[N+](=O)[O-]. The number of ether oxygens (including phenoxy) is 1. The second-order valence-corrected chi connectivity index (χ2v) is 4.49. The molecular formula is C10H11N5O3S. The summed E-state index contributed by atoms with van der Waals surface area (Å²) in [6, 6.07) is 3.90. The van der Waals surface area contributed by atoms with Gasteiger partial charge in [-0.25, -0.2) is 10.8 Å². The van der Waals surface area contributed by atoms with E-state index in [0.717, 1.165) is 11.2 Å². The van der Waals surface area contributed by atoms with Crippen molar-refractivity contribution in [3.05, 3.63) is 38.8 Å². The summed E-state index contributed by atoms with van der Waals surface area (Å²) < 4.78 is 5.33. The number of rotatable bonds is 6. The Morgan fingerprint density at radius 3 is 3.00 bits per heavy atom. The van der Waals surface area contributed by atoms with Crippen LogP contribution in [0.5, 0.6) is 5.88 Å². The Labute approximate surface area is 112 Å². The summed E-state index contributed by atoms with van der Waals surface area (Å²) >= 11 is 1.60. The van der Waals surface area contributed by atoms with Gasteiger partial charge in [0.25, 0.3) is 5.88 Å². The Morgan fingerprint density at radius 2 is 2.37 bits per heavy atom. The van der Waals surface area contributed by atoms with Gasteiger partial charge in [-0.3, -0.25) is 10.1 Å². The minimum Gasteiger partial charge on any atom is -0.472 e. The molecule has 0 bridgehead atoms. The zero-order chi connectivity index (χ0) is 13.7. The normalized spacial score (nSPS) is 10.2. The minimum absolute atomic E-state index is 0.0777. The predicted octanol–water partition coefficient (Wildman–Crippen LogP) is 1.35. The number of hydrogen-bond donors (Lipinski definition) is 2. The Kier molecular flexibility index (Phi) is 4.21. The molecule has 3 N–H and O–H groups in total. The van der Waals surface area contributed by atoms with Crippen LogP contribution in [0.25, 0.3) is 0 Å². The van der Waals surface area contributed by atoms with Crippen molar-refractivity contribution in [1.82, 2.24) is 9.97 Å². The highest BCUT2D eigenvalue weighted by atomic mass is 32.1. The maximum Gasteiger partial charge on any atom is 0.374 e. The fourth-order valence-corrected chi connectivity index (χ4v) is 2.13. The number of nitro groups is 1. The van der Waals surface area contributed by atoms with Gasteiger partial charge >= 0.3 is 5.69 Å². The zero-order valence-corrected chi connectivity index (χ0v) is 10.6. The van der Waals surface area contributed by atoms with Gasteiger partial charge in [0.15, 0.2) is 0 Å². The standard InChI is InChI=1S/C10H11N5O3S/c11-14-9-8(15(16)17)10(13-6-12-9)18-4-3-7-2-1-5-19-7/h1-2,5-6H,3-4,11H2,(H,12,13,14). The van der Waals surface area contributed by atoms with E-state index in [9.17, 15) is 10.1 Å². The first-order chi connectivity index (χ1) is 9.22. The van der Waals surface area contributed by atoms with Gasteiger partial charge in [0.1, 0.15) is 6.33 Å². The van der Waals surface area contributed by atoms with Crippen molar-refractivity contribution in [1.29, 1.82) is 0 Å². The van der Waals surface area contributed by atoms with Gasteiger partial charge in [0.2, 0.25) is 5.82 Å². The number of hydrogen-bond acceptors (Lipinski definition) is 8. The Hall–Kier alpha value is -2.26. The van der Waals surface area contributed by atoms with Gasteiger partial charge in [-0.2, -0.15) is 4.98 Å². The molecule has 0 unspecified atom stereocenters. The second kappa shape index (κ2) is 6.07. The van der Waals surface area contributed by atoms with Crippen molar-refractivity contribution in [2.45, 2.75) is 6.42 Å². The maximum atomic E-state index is 10.9. The molecule has 0 saturated carbocycles. The van der Waals surface area contributed by atoms with Gasteiger partial charge in [0.05, 0.1) is 11.5 Å². The van der Waals surface area contributed by atoms with Crippen LogP contribution in [-0.2, 0) is 6.42 Å². The van der Waals surface area contributed by atoms with Crippen molar-refractivity contribution in [3.63, 3.8) is 0 Å². The third-order valence-corrected chi connectivity index (χ3v) is 3.21. The van der Waals surface area contributed by atoms with Crippen LogP contribution >= 0.6 is 11.3 Å². The highest BCUT2D eigenvalue weighted by molar-refractivity contribution is 7.09. The number of hydrazine groups is 1. The Bertz CT molecular complexity index is 560. The molecule has 0 aliphatic carbocycles. The molecule has 0 aromatic carbocycles. The predicted molar refractivity (Wildman–Crippen MR) is 70.0 cm³/mol. The van der Waals surface area contributed by atoms with Crippen molar-refractivity contribution in [2.75, 3.05) is 12.0 Å². The van der Waals surface area contributed by atoms with Crippen LogP contribution in [0.15, 0.2) is 23.8 Å². The number of nitrogen functional groups attached to an aromatic ring is 1. The van der Waals surface area contributed by atoms with E-state index in [0.29, 0.717) is 13.0 Å². The van der Waals surface area contributed by atoms with Crippen LogP contribution < -0.4 is 16.0 Å². The largest absolute Gasteiger partial charge is 0.472 e. The van der Waals surface area contributed by atoms with Crippen LogP contribution in [-0.4, -0.2) is 21.5 Å². The lowest BCUT2D eigenvalue weighted by Gasteiger charge is -2.06. The first-order valence-electron chi connectivity index (χ1n) is 5.33. The average Bonchev–Trinajstić information content (AvgIpc) is 2.91. The molecule has 9 heteroatoms. The Morgan fingerprint density at radius 1 is 1.53 bits per heavy atom. The number of anilines is 1. The molecule has 0 amide bonds. The van der Waals surface area contributed by atoms with Gasteiger partial charge in [-0.05, 0) is 11.4 Å². The number of thiophene rings is 1. The molecule has 0 saturated heterocycles. The van der Waals surface area contributed by atoms with Gasteiger partial charge in [-0.15, -0.1) is 11.3 Å². The van der Waals surface area contributed by atoms with E-state index in [1.54, 1.807) is 11.3 Å². The fraction of sp³-hybridized carbons (Fsp3) is 0.200. The van der Waals surface area contributed by atoms with Crippen molar-refractivity contribution >= 4 is 22.8 Å². The molecular weight excluding hydrogens is 270 g/mol. The lowest BCUT2D eigenvalue weighted by Crippen LogP contribution is -2.13. The van der Waals surface area contributed by atoms with Gasteiger partial charge < -0.3 is 10.2 Å². The summed E-state index contributed by atoms with van der Waals surface area (Å²) in [4.78, 5) is 18.9. The monoisotopic (exact) mass is 281 g/mol. The summed E-state index contributed by atoms with van der Waals surface area (Å²) in [6.45, 7) is 0.294. The molecule has 2 aromatic heterocycles. The third-order valence-electron chi connectivity index (χ3n) is 2.28. The van der Waals surface area contributed by atoms with Crippen LogP contribution in [0, 0.1) is 10.1 Å². The van der Waals surface area contributed by atoms with E-state index in [2.05, 4.69) is 15.4 Å². The van der Waals surface area contributed by atoms with Crippen LogP contribution in [0.2, 0.25) is 0 Å².